The highest BCUT2D eigenvalue weighted by Gasteiger charge is 2.32. The molecule has 1 aliphatic rings. The minimum Gasteiger partial charge on any atom is -0.336 e. The molecule has 1 heterocycles. The van der Waals surface area contributed by atoms with E-state index >= 15 is 0 Å². The molecule has 0 aromatic heterocycles. The highest BCUT2D eigenvalue weighted by Crippen LogP contribution is 2.25. The van der Waals surface area contributed by atoms with Gasteiger partial charge in [0, 0.05) is 26.2 Å². The largest absolute Gasteiger partial charge is 0.336 e. The monoisotopic (exact) mass is 497 g/mol. The third-order valence-electron chi connectivity index (χ3n) is 5.63. The summed E-state index contributed by atoms with van der Waals surface area (Å²) in [5.74, 6) is -1.53. The lowest BCUT2D eigenvalue weighted by Crippen LogP contribution is -2.50. The van der Waals surface area contributed by atoms with Crippen molar-refractivity contribution in [2.45, 2.75) is 36.0 Å². The van der Waals surface area contributed by atoms with Gasteiger partial charge in [0.05, 0.1) is 15.4 Å². The van der Waals surface area contributed by atoms with E-state index in [4.69, 9.17) is 0 Å². The third-order valence-corrected chi connectivity index (χ3v) is 8.96. The van der Waals surface area contributed by atoms with Gasteiger partial charge in [0.15, 0.2) is 0 Å². The molecule has 8 nitrogen and oxygen atoms in total. The Balaban J connectivity index is 1.74. The van der Waals surface area contributed by atoms with Crippen LogP contribution in [0.25, 0.3) is 0 Å². The number of amides is 1. The SMILES string of the molecule is CNS(=O)(=O)c1ccc(F)c(C(=O)N2CCN(S(=O)(=O)c3ccc(C(C)(C)C)cc3)CC2)c1. The molecule has 1 saturated heterocycles. The Morgan fingerprint density at radius 1 is 0.909 bits per heavy atom. The second kappa shape index (κ2) is 9.13. The van der Waals surface area contributed by atoms with E-state index in [0.29, 0.717) is 0 Å². The number of carbonyl (C=O) groups is 1. The highest BCUT2D eigenvalue weighted by atomic mass is 32.2. The molecule has 1 N–H and O–H groups in total. The number of rotatable bonds is 5. The van der Waals surface area contributed by atoms with E-state index in [2.05, 4.69) is 4.72 Å². The summed E-state index contributed by atoms with van der Waals surface area (Å²) in [6.07, 6.45) is 0. The number of sulfonamides is 2. The van der Waals surface area contributed by atoms with Crippen LogP contribution >= 0.6 is 0 Å². The molecule has 0 unspecified atom stereocenters. The molecule has 3 rings (SSSR count). The van der Waals surface area contributed by atoms with Gasteiger partial charge in [-0.25, -0.2) is 25.9 Å². The van der Waals surface area contributed by atoms with Crippen LogP contribution in [0.1, 0.15) is 36.7 Å². The van der Waals surface area contributed by atoms with Crippen LogP contribution in [0.5, 0.6) is 0 Å². The Kier molecular flexibility index (Phi) is 6.99. The van der Waals surface area contributed by atoms with Crippen molar-refractivity contribution in [2.24, 2.45) is 0 Å². The Morgan fingerprint density at radius 3 is 1.97 bits per heavy atom. The maximum absolute atomic E-state index is 14.3. The lowest BCUT2D eigenvalue weighted by Gasteiger charge is -2.34. The number of nitrogens with zero attached hydrogens (tertiary/aromatic N) is 2. The molecule has 2 aromatic carbocycles. The van der Waals surface area contributed by atoms with Gasteiger partial charge in [-0.1, -0.05) is 32.9 Å². The van der Waals surface area contributed by atoms with Crippen LogP contribution < -0.4 is 4.72 Å². The molecule has 1 fully saturated rings. The fraction of sp³-hybridized carbons (Fsp3) is 0.409. The van der Waals surface area contributed by atoms with Crippen LogP contribution in [-0.4, -0.2) is 65.2 Å². The number of halogens is 1. The van der Waals surface area contributed by atoms with Crippen LogP contribution in [0.4, 0.5) is 4.39 Å². The van der Waals surface area contributed by atoms with E-state index in [1.165, 1.54) is 16.3 Å². The second-order valence-corrected chi connectivity index (χ2v) is 12.6. The molecule has 0 spiro atoms. The van der Waals surface area contributed by atoms with Crippen molar-refractivity contribution >= 4 is 26.0 Å². The Hall–Kier alpha value is -2.34. The van der Waals surface area contributed by atoms with Crippen LogP contribution in [0.2, 0.25) is 0 Å². The molecule has 0 aliphatic carbocycles. The lowest BCUT2D eigenvalue weighted by atomic mass is 9.87. The molecule has 0 saturated carbocycles. The van der Waals surface area contributed by atoms with E-state index in [9.17, 15) is 26.0 Å². The quantitative estimate of drug-likeness (QED) is 0.682. The lowest BCUT2D eigenvalue weighted by molar-refractivity contribution is 0.0693. The Labute approximate surface area is 194 Å². The first kappa shape index (κ1) is 25.3. The fourth-order valence-corrected chi connectivity index (χ4v) is 5.71. The number of hydrogen-bond acceptors (Lipinski definition) is 5. The van der Waals surface area contributed by atoms with Gasteiger partial charge in [-0.15, -0.1) is 0 Å². The maximum Gasteiger partial charge on any atom is 0.256 e. The van der Waals surface area contributed by atoms with Crippen LogP contribution in [0.3, 0.4) is 0 Å². The van der Waals surface area contributed by atoms with E-state index in [1.54, 1.807) is 24.3 Å². The fourth-order valence-electron chi connectivity index (χ4n) is 3.53. The van der Waals surface area contributed by atoms with Crippen molar-refractivity contribution in [1.82, 2.24) is 13.9 Å². The van der Waals surface area contributed by atoms with Gasteiger partial charge >= 0.3 is 0 Å². The minimum atomic E-state index is -3.85. The summed E-state index contributed by atoms with van der Waals surface area (Å²) < 4.78 is 67.8. The molecule has 1 amide bonds. The summed E-state index contributed by atoms with van der Waals surface area (Å²) in [5.41, 5.74) is 0.537. The first-order valence-electron chi connectivity index (χ1n) is 10.4. The summed E-state index contributed by atoms with van der Waals surface area (Å²) in [5, 5.41) is 0. The van der Waals surface area contributed by atoms with E-state index in [-0.39, 0.29) is 46.9 Å². The van der Waals surface area contributed by atoms with Gasteiger partial charge in [-0.3, -0.25) is 4.79 Å². The van der Waals surface area contributed by atoms with Gasteiger partial charge in [-0.05, 0) is 48.4 Å². The zero-order valence-electron chi connectivity index (χ0n) is 19.0. The van der Waals surface area contributed by atoms with Gasteiger partial charge in [0.25, 0.3) is 5.91 Å². The molecule has 33 heavy (non-hydrogen) atoms. The molecule has 1 aliphatic heterocycles. The molecule has 11 heteroatoms. The molecule has 0 radical (unpaired) electrons. The highest BCUT2D eigenvalue weighted by molar-refractivity contribution is 7.89. The van der Waals surface area contributed by atoms with Gasteiger partial charge in [-0.2, -0.15) is 4.31 Å². The Morgan fingerprint density at radius 2 is 1.45 bits per heavy atom. The standard InChI is InChI=1S/C22H28FN3O5S2/c1-22(2,3)16-5-7-17(8-6-16)33(30,31)26-13-11-25(12-14-26)21(27)19-15-18(9-10-20(19)23)32(28,29)24-4/h5-10,15,24H,11-14H2,1-4H3. The zero-order valence-corrected chi connectivity index (χ0v) is 20.6. The number of piperazine rings is 1. The van der Waals surface area contributed by atoms with Crippen LogP contribution in [0, 0.1) is 5.82 Å². The van der Waals surface area contributed by atoms with Gasteiger partial charge in [0.2, 0.25) is 20.0 Å². The van der Waals surface area contributed by atoms with Crippen LogP contribution in [-0.2, 0) is 25.5 Å². The van der Waals surface area contributed by atoms with Gasteiger partial charge in [0.1, 0.15) is 5.82 Å². The predicted octanol–water partition coefficient (Wildman–Crippen LogP) is 2.18. The minimum absolute atomic E-state index is 0.0468. The smallest absolute Gasteiger partial charge is 0.256 e. The molecule has 0 atom stereocenters. The average molecular weight is 498 g/mol. The first-order chi connectivity index (χ1) is 15.3. The summed E-state index contributed by atoms with van der Waals surface area (Å²) in [6, 6.07) is 9.74. The number of nitrogens with one attached hydrogen (secondary N) is 1. The normalized spacial score (nSPS) is 16.1. The van der Waals surface area contributed by atoms with Crippen molar-refractivity contribution in [2.75, 3.05) is 33.2 Å². The summed E-state index contributed by atoms with van der Waals surface area (Å²) in [7, 11) is -6.37. The van der Waals surface area contributed by atoms with Crippen molar-refractivity contribution < 1.29 is 26.0 Å². The van der Waals surface area contributed by atoms with Crippen molar-refractivity contribution in [1.29, 1.82) is 0 Å². The summed E-state index contributed by atoms with van der Waals surface area (Å²) >= 11 is 0. The summed E-state index contributed by atoms with van der Waals surface area (Å²) in [4.78, 5) is 14.1. The molecular formula is C22H28FN3O5S2. The zero-order chi connectivity index (χ0) is 24.6. The van der Waals surface area contributed by atoms with Crippen molar-refractivity contribution in [3.05, 3.63) is 59.4 Å². The van der Waals surface area contributed by atoms with Gasteiger partial charge < -0.3 is 4.90 Å². The predicted molar refractivity (Wildman–Crippen MR) is 122 cm³/mol. The third kappa shape index (κ3) is 5.26. The first-order valence-corrected chi connectivity index (χ1v) is 13.3. The van der Waals surface area contributed by atoms with E-state index < -0.39 is 31.8 Å². The molecule has 180 valence electrons. The maximum atomic E-state index is 14.3. The molecule has 0 bridgehead atoms. The average Bonchev–Trinajstić information content (AvgIpc) is 2.78. The van der Waals surface area contributed by atoms with Crippen molar-refractivity contribution in [3.8, 4) is 0 Å². The molecule has 2 aromatic rings. The number of benzene rings is 2. The topological polar surface area (TPSA) is 104 Å². The Bertz CT molecular complexity index is 1250. The number of hydrogen-bond donors (Lipinski definition) is 1. The summed E-state index contributed by atoms with van der Waals surface area (Å²) in [6.45, 7) is 6.33. The van der Waals surface area contributed by atoms with E-state index in [0.717, 1.165) is 23.8 Å². The second-order valence-electron chi connectivity index (χ2n) is 8.82. The molecular weight excluding hydrogens is 469 g/mol. The van der Waals surface area contributed by atoms with Crippen LogP contribution in [0.15, 0.2) is 52.3 Å². The number of carbonyl (C=O) groups excluding carboxylic acids is 1. The van der Waals surface area contributed by atoms with E-state index in [1.807, 2.05) is 20.8 Å². The van der Waals surface area contributed by atoms with Crippen molar-refractivity contribution in [3.63, 3.8) is 0 Å².